The number of nitrogens with two attached hydrogens (primary N) is 2. The predicted octanol–water partition coefficient (Wildman–Crippen LogP) is 0.303. The highest BCUT2D eigenvalue weighted by atomic mass is 16.2. The molecule has 2 unspecified atom stereocenters. The van der Waals surface area contributed by atoms with Crippen molar-refractivity contribution in [2.45, 2.75) is 38.8 Å². The molecule has 0 aromatic heterocycles. The molecule has 0 aliphatic rings. The number of benzene rings is 2. The fourth-order valence-electron chi connectivity index (χ4n) is 2.85. The summed E-state index contributed by atoms with van der Waals surface area (Å²) in [5.74, 6) is 9.68. The summed E-state index contributed by atoms with van der Waals surface area (Å²) >= 11 is 0. The SMILES string of the molecule is CC(=O)NC(CC#Cc1ccc2ccc(C#CCC(NC(C)=O)C(N)=O)cc2c1)C(N)=O. The second-order valence-electron chi connectivity index (χ2n) is 7.10. The van der Waals surface area contributed by atoms with Gasteiger partial charge in [0.1, 0.15) is 12.1 Å². The topological polar surface area (TPSA) is 144 Å². The Morgan fingerprint density at radius 2 is 1.16 bits per heavy atom. The summed E-state index contributed by atoms with van der Waals surface area (Å²) in [5.41, 5.74) is 12.0. The van der Waals surface area contributed by atoms with Crippen LogP contribution in [0, 0.1) is 23.7 Å². The van der Waals surface area contributed by atoms with Crippen LogP contribution in [-0.2, 0) is 19.2 Å². The molecule has 0 aliphatic heterocycles. The van der Waals surface area contributed by atoms with E-state index in [0.29, 0.717) is 0 Å². The maximum atomic E-state index is 11.4. The lowest BCUT2D eigenvalue weighted by molar-refractivity contribution is -0.126. The van der Waals surface area contributed by atoms with Gasteiger partial charge in [0, 0.05) is 37.8 Å². The molecule has 0 spiro atoms. The fraction of sp³-hybridized carbons (Fsp3) is 0.250. The lowest BCUT2D eigenvalue weighted by Gasteiger charge is -2.10. The standard InChI is InChI=1S/C24H24N4O4/c1-15(29)27-21(23(25)31)7-3-5-17-9-11-19-12-10-18(14-20(19)13-17)6-4-8-22(24(26)32)28-16(2)30/h9-14,21-22H,7-8H2,1-2H3,(H2,25,31)(H2,26,32)(H,27,29)(H,28,30). The predicted molar refractivity (Wildman–Crippen MR) is 121 cm³/mol. The number of nitrogens with one attached hydrogen (secondary N) is 2. The summed E-state index contributed by atoms with van der Waals surface area (Å²) in [6, 6.07) is 9.61. The van der Waals surface area contributed by atoms with Crippen molar-refractivity contribution in [3.8, 4) is 23.7 Å². The minimum absolute atomic E-state index is 0.105. The number of primary amides is 2. The number of hydrogen-bond donors (Lipinski definition) is 4. The van der Waals surface area contributed by atoms with E-state index in [9.17, 15) is 19.2 Å². The summed E-state index contributed by atoms with van der Waals surface area (Å²) in [6.07, 6.45) is 0.210. The highest BCUT2D eigenvalue weighted by molar-refractivity contribution is 5.87. The Kier molecular flexibility index (Phi) is 8.38. The molecule has 8 heteroatoms. The van der Waals surface area contributed by atoms with E-state index >= 15 is 0 Å². The van der Waals surface area contributed by atoms with Gasteiger partial charge in [-0.15, -0.1) is 0 Å². The summed E-state index contributed by atoms with van der Waals surface area (Å²) in [4.78, 5) is 45.1. The molecule has 2 atom stereocenters. The molecule has 0 bridgehead atoms. The van der Waals surface area contributed by atoms with Crippen molar-refractivity contribution >= 4 is 34.4 Å². The Morgan fingerprint density at radius 1 is 0.750 bits per heavy atom. The molecule has 2 rings (SSSR count). The van der Waals surface area contributed by atoms with Gasteiger partial charge in [-0.05, 0) is 35.0 Å². The van der Waals surface area contributed by atoms with Gasteiger partial charge in [0.25, 0.3) is 0 Å². The maximum absolute atomic E-state index is 11.4. The van der Waals surface area contributed by atoms with Crippen molar-refractivity contribution in [1.82, 2.24) is 10.6 Å². The zero-order chi connectivity index (χ0) is 23.7. The number of hydrogen-bond acceptors (Lipinski definition) is 4. The molecule has 0 saturated carbocycles. The van der Waals surface area contributed by atoms with Crippen molar-refractivity contribution < 1.29 is 19.2 Å². The van der Waals surface area contributed by atoms with Gasteiger partial charge in [0.15, 0.2) is 0 Å². The van der Waals surface area contributed by atoms with E-state index in [-0.39, 0.29) is 24.7 Å². The number of fused-ring (bicyclic) bond motifs is 1. The van der Waals surface area contributed by atoms with Crippen LogP contribution in [0.3, 0.4) is 0 Å². The summed E-state index contributed by atoms with van der Waals surface area (Å²) < 4.78 is 0. The van der Waals surface area contributed by atoms with Gasteiger partial charge in [0.05, 0.1) is 0 Å². The highest BCUT2D eigenvalue weighted by Crippen LogP contribution is 2.17. The molecule has 0 fully saturated rings. The zero-order valence-corrected chi connectivity index (χ0v) is 17.8. The van der Waals surface area contributed by atoms with Crippen LogP contribution >= 0.6 is 0 Å². The first-order valence-electron chi connectivity index (χ1n) is 9.80. The molecule has 4 amide bonds. The van der Waals surface area contributed by atoms with E-state index in [4.69, 9.17) is 11.5 Å². The zero-order valence-electron chi connectivity index (χ0n) is 17.8. The van der Waals surface area contributed by atoms with Crippen molar-refractivity contribution in [1.29, 1.82) is 0 Å². The summed E-state index contributed by atoms with van der Waals surface area (Å²) in [5, 5.41) is 6.82. The minimum Gasteiger partial charge on any atom is -0.368 e. The Hall–Kier alpha value is -4.30. The smallest absolute Gasteiger partial charge is 0.240 e. The van der Waals surface area contributed by atoms with E-state index in [1.807, 2.05) is 36.4 Å². The van der Waals surface area contributed by atoms with E-state index in [1.165, 1.54) is 13.8 Å². The Balaban J connectivity index is 2.17. The molecule has 6 N–H and O–H groups in total. The van der Waals surface area contributed by atoms with Crippen molar-refractivity contribution in [2.24, 2.45) is 11.5 Å². The van der Waals surface area contributed by atoms with Crippen LogP contribution in [0.1, 0.15) is 37.8 Å². The largest absolute Gasteiger partial charge is 0.368 e. The second kappa shape index (κ2) is 11.2. The first kappa shape index (κ1) is 24.0. The number of amides is 4. The molecule has 0 radical (unpaired) electrons. The van der Waals surface area contributed by atoms with Gasteiger partial charge in [0.2, 0.25) is 23.6 Å². The number of carbonyl (C=O) groups excluding carboxylic acids is 4. The van der Waals surface area contributed by atoms with Crippen molar-refractivity contribution in [3.05, 3.63) is 47.5 Å². The van der Waals surface area contributed by atoms with E-state index in [0.717, 1.165) is 21.9 Å². The Morgan fingerprint density at radius 3 is 1.50 bits per heavy atom. The first-order valence-corrected chi connectivity index (χ1v) is 9.80. The monoisotopic (exact) mass is 432 g/mol. The number of rotatable bonds is 6. The van der Waals surface area contributed by atoms with Gasteiger partial charge in [-0.1, -0.05) is 35.8 Å². The van der Waals surface area contributed by atoms with Crippen molar-refractivity contribution in [3.63, 3.8) is 0 Å². The summed E-state index contributed by atoms with van der Waals surface area (Å²) in [7, 11) is 0. The first-order chi connectivity index (χ1) is 15.2. The van der Waals surface area contributed by atoms with E-state index in [1.54, 1.807) is 0 Å². The Labute approximate surface area is 186 Å². The van der Waals surface area contributed by atoms with Crippen LogP contribution in [0.2, 0.25) is 0 Å². The normalized spacial score (nSPS) is 11.7. The third-order valence-electron chi connectivity index (χ3n) is 4.36. The lowest BCUT2D eigenvalue weighted by Crippen LogP contribution is -2.43. The molecule has 0 heterocycles. The van der Waals surface area contributed by atoms with Crippen LogP contribution in [0.25, 0.3) is 10.8 Å². The van der Waals surface area contributed by atoms with Crippen LogP contribution in [0.4, 0.5) is 0 Å². The Bertz CT molecular complexity index is 1090. The van der Waals surface area contributed by atoms with Crippen LogP contribution < -0.4 is 22.1 Å². The maximum Gasteiger partial charge on any atom is 0.240 e. The molecule has 0 aliphatic carbocycles. The summed E-state index contributed by atoms with van der Waals surface area (Å²) in [6.45, 7) is 2.61. The minimum atomic E-state index is -0.843. The number of carbonyl (C=O) groups is 4. The molecule has 0 saturated heterocycles. The quantitative estimate of drug-likeness (QED) is 0.487. The lowest BCUT2D eigenvalue weighted by atomic mass is 10.0. The molecular weight excluding hydrogens is 408 g/mol. The third-order valence-corrected chi connectivity index (χ3v) is 4.36. The van der Waals surface area contributed by atoms with E-state index in [2.05, 4.69) is 34.3 Å². The van der Waals surface area contributed by atoms with Gasteiger partial charge in [-0.2, -0.15) is 0 Å². The van der Waals surface area contributed by atoms with Crippen LogP contribution in [0.15, 0.2) is 36.4 Å². The second-order valence-corrected chi connectivity index (χ2v) is 7.10. The van der Waals surface area contributed by atoms with Gasteiger partial charge in [-0.3, -0.25) is 19.2 Å². The van der Waals surface area contributed by atoms with Gasteiger partial charge < -0.3 is 22.1 Å². The molecule has 2 aromatic carbocycles. The average Bonchev–Trinajstić information content (AvgIpc) is 2.71. The molecule has 8 nitrogen and oxygen atoms in total. The highest BCUT2D eigenvalue weighted by Gasteiger charge is 2.15. The molecule has 32 heavy (non-hydrogen) atoms. The molecule has 2 aromatic rings. The molecular formula is C24H24N4O4. The molecule has 164 valence electrons. The fourth-order valence-corrected chi connectivity index (χ4v) is 2.85. The third kappa shape index (κ3) is 7.51. The van der Waals surface area contributed by atoms with Gasteiger partial charge in [-0.25, -0.2) is 0 Å². The van der Waals surface area contributed by atoms with Crippen LogP contribution in [0.5, 0.6) is 0 Å². The van der Waals surface area contributed by atoms with Crippen molar-refractivity contribution in [2.75, 3.05) is 0 Å². The van der Waals surface area contributed by atoms with E-state index < -0.39 is 23.9 Å². The average molecular weight is 432 g/mol. The van der Waals surface area contributed by atoms with Gasteiger partial charge >= 0.3 is 0 Å². The van der Waals surface area contributed by atoms with Crippen LogP contribution in [-0.4, -0.2) is 35.7 Å².